The molecule has 0 saturated heterocycles. The molecule has 0 spiro atoms. The van der Waals surface area contributed by atoms with E-state index in [2.05, 4.69) is 17.2 Å². The fourth-order valence-electron chi connectivity index (χ4n) is 2.18. The second-order valence-corrected chi connectivity index (χ2v) is 4.75. The van der Waals surface area contributed by atoms with Crippen LogP contribution in [0.5, 0.6) is 0 Å². The van der Waals surface area contributed by atoms with Crippen molar-refractivity contribution in [3.63, 3.8) is 0 Å². The standard InChI is InChI=1S/C14H17ClFN3/c1-3-8-19-9-7-18-14(19)13(17-2)10-5-4-6-11(15)12(10)16/h4-7,9,13,17H,3,8H2,1-2H3. The van der Waals surface area contributed by atoms with E-state index in [0.717, 1.165) is 18.8 Å². The molecule has 1 N–H and O–H groups in total. The van der Waals surface area contributed by atoms with Crippen molar-refractivity contribution >= 4 is 11.6 Å². The number of halogens is 2. The van der Waals surface area contributed by atoms with Crippen LogP contribution in [0, 0.1) is 5.82 Å². The fourth-order valence-corrected chi connectivity index (χ4v) is 2.36. The topological polar surface area (TPSA) is 29.9 Å². The van der Waals surface area contributed by atoms with E-state index in [-0.39, 0.29) is 11.1 Å². The van der Waals surface area contributed by atoms with E-state index in [1.165, 1.54) is 0 Å². The van der Waals surface area contributed by atoms with Gasteiger partial charge in [-0.05, 0) is 19.5 Å². The lowest BCUT2D eigenvalue weighted by atomic mass is 10.1. The molecule has 0 aliphatic carbocycles. The number of hydrogen-bond donors (Lipinski definition) is 1. The summed E-state index contributed by atoms with van der Waals surface area (Å²) in [6.07, 6.45) is 4.64. The van der Waals surface area contributed by atoms with Crippen molar-refractivity contribution in [1.29, 1.82) is 0 Å². The Balaban J connectivity index is 2.44. The SMILES string of the molecule is CCCn1ccnc1C(NC)c1cccc(Cl)c1F. The summed E-state index contributed by atoms with van der Waals surface area (Å²) in [6.45, 7) is 2.95. The van der Waals surface area contributed by atoms with Crippen LogP contribution in [0.25, 0.3) is 0 Å². The van der Waals surface area contributed by atoms with Crippen LogP contribution in [0.2, 0.25) is 5.02 Å². The number of aromatic nitrogens is 2. The van der Waals surface area contributed by atoms with Gasteiger partial charge in [-0.2, -0.15) is 0 Å². The molecule has 1 aromatic carbocycles. The minimum atomic E-state index is -0.394. The Labute approximate surface area is 117 Å². The Bertz CT molecular complexity index is 553. The number of nitrogens with one attached hydrogen (secondary N) is 1. The molecule has 2 rings (SSSR count). The highest BCUT2D eigenvalue weighted by Gasteiger charge is 2.21. The molecule has 1 aromatic heterocycles. The first-order valence-corrected chi connectivity index (χ1v) is 6.69. The van der Waals surface area contributed by atoms with E-state index in [9.17, 15) is 4.39 Å². The fraction of sp³-hybridized carbons (Fsp3) is 0.357. The molecule has 1 heterocycles. The Morgan fingerprint density at radius 3 is 2.95 bits per heavy atom. The van der Waals surface area contributed by atoms with Crippen molar-refractivity contribution in [2.24, 2.45) is 0 Å². The molecule has 0 radical (unpaired) electrons. The quantitative estimate of drug-likeness (QED) is 0.910. The van der Waals surface area contributed by atoms with Gasteiger partial charge < -0.3 is 9.88 Å². The molecule has 0 fully saturated rings. The number of rotatable bonds is 5. The van der Waals surface area contributed by atoms with Crippen molar-refractivity contribution in [2.75, 3.05) is 7.05 Å². The molecule has 0 aliphatic rings. The summed E-state index contributed by atoms with van der Waals surface area (Å²) in [7, 11) is 1.79. The predicted octanol–water partition coefficient (Wildman–Crippen LogP) is 3.39. The van der Waals surface area contributed by atoms with Gasteiger partial charge in [-0.1, -0.05) is 30.7 Å². The summed E-state index contributed by atoms with van der Waals surface area (Å²) >= 11 is 5.85. The minimum absolute atomic E-state index is 0.131. The summed E-state index contributed by atoms with van der Waals surface area (Å²) in [5.41, 5.74) is 0.513. The van der Waals surface area contributed by atoms with Gasteiger partial charge in [0.25, 0.3) is 0 Å². The third kappa shape index (κ3) is 2.80. The highest BCUT2D eigenvalue weighted by molar-refractivity contribution is 6.30. The molecule has 0 amide bonds. The second kappa shape index (κ2) is 6.17. The smallest absolute Gasteiger partial charge is 0.147 e. The van der Waals surface area contributed by atoms with E-state index in [0.29, 0.717) is 5.56 Å². The van der Waals surface area contributed by atoms with Gasteiger partial charge in [0, 0.05) is 24.5 Å². The van der Waals surface area contributed by atoms with Crippen LogP contribution in [0.1, 0.15) is 30.8 Å². The van der Waals surface area contributed by atoms with Crippen molar-refractivity contribution in [3.8, 4) is 0 Å². The van der Waals surface area contributed by atoms with Crippen LogP contribution in [0.4, 0.5) is 4.39 Å². The lowest BCUT2D eigenvalue weighted by Gasteiger charge is -2.19. The maximum atomic E-state index is 14.1. The van der Waals surface area contributed by atoms with Gasteiger partial charge in [0.05, 0.1) is 11.1 Å². The van der Waals surface area contributed by atoms with Crippen LogP contribution in [0.3, 0.4) is 0 Å². The normalized spacial score (nSPS) is 12.6. The monoisotopic (exact) mass is 281 g/mol. The van der Waals surface area contributed by atoms with Crippen LogP contribution >= 0.6 is 11.6 Å². The second-order valence-electron chi connectivity index (χ2n) is 4.34. The number of hydrogen-bond acceptors (Lipinski definition) is 2. The van der Waals surface area contributed by atoms with Gasteiger partial charge >= 0.3 is 0 Å². The lowest BCUT2D eigenvalue weighted by Crippen LogP contribution is -2.23. The van der Waals surface area contributed by atoms with E-state index in [4.69, 9.17) is 11.6 Å². The molecular formula is C14H17ClFN3. The Kier molecular flexibility index (Phi) is 4.56. The van der Waals surface area contributed by atoms with Gasteiger partial charge in [-0.15, -0.1) is 0 Å². The Hall–Kier alpha value is -1.39. The van der Waals surface area contributed by atoms with Crippen LogP contribution < -0.4 is 5.32 Å². The molecule has 0 saturated carbocycles. The molecule has 0 aliphatic heterocycles. The summed E-state index contributed by atoms with van der Waals surface area (Å²) in [6, 6.07) is 4.72. The van der Waals surface area contributed by atoms with E-state index >= 15 is 0 Å². The Morgan fingerprint density at radius 1 is 1.47 bits per heavy atom. The zero-order chi connectivity index (χ0) is 13.8. The molecule has 1 unspecified atom stereocenters. The molecule has 1 atom stereocenters. The molecule has 19 heavy (non-hydrogen) atoms. The van der Waals surface area contributed by atoms with Crippen LogP contribution in [-0.2, 0) is 6.54 Å². The summed E-state index contributed by atoms with van der Waals surface area (Å²) < 4.78 is 16.2. The van der Waals surface area contributed by atoms with Crippen molar-refractivity contribution < 1.29 is 4.39 Å². The zero-order valence-electron chi connectivity index (χ0n) is 11.0. The average molecular weight is 282 g/mol. The largest absolute Gasteiger partial charge is 0.333 e. The molecule has 2 aromatic rings. The third-order valence-electron chi connectivity index (χ3n) is 3.05. The first kappa shape index (κ1) is 14.0. The minimum Gasteiger partial charge on any atom is -0.333 e. The number of nitrogens with zero attached hydrogens (tertiary/aromatic N) is 2. The van der Waals surface area contributed by atoms with E-state index in [1.807, 2.05) is 10.8 Å². The highest BCUT2D eigenvalue weighted by Crippen LogP contribution is 2.27. The van der Waals surface area contributed by atoms with Crippen LogP contribution in [-0.4, -0.2) is 16.6 Å². The van der Waals surface area contributed by atoms with Gasteiger partial charge in [0.2, 0.25) is 0 Å². The van der Waals surface area contributed by atoms with Gasteiger partial charge in [0.15, 0.2) is 0 Å². The van der Waals surface area contributed by atoms with Crippen LogP contribution in [0.15, 0.2) is 30.6 Å². The van der Waals surface area contributed by atoms with Crippen molar-refractivity contribution in [2.45, 2.75) is 25.9 Å². The third-order valence-corrected chi connectivity index (χ3v) is 3.34. The maximum Gasteiger partial charge on any atom is 0.147 e. The summed E-state index contributed by atoms with van der Waals surface area (Å²) in [5, 5.41) is 3.24. The number of aryl methyl sites for hydroxylation is 1. The Morgan fingerprint density at radius 2 is 2.26 bits per heavy atom. The number of benzene rings is 1. The van der Waals surface area contributed by atoms with Crippen molar-refractivity contribution in [1.82, 2.24) is 14.9 Å². The lowest BCUT2D eigenvalue weighted by molar-refractivity contribution is 0.533. The van der Waals surface area contributed by atoms with Crippen molar-refractivity contribution in [3.05, 3.63) is 52.8 Å². The first-order valence-electron chi connectivity index (χ1n) is 6.31. The number of imidazole rings is 1. The summed E-state index contributed by atoms with van der Waals surface area (Å²) in [5.74, 6) is 0.403. The van der Waals surface area contributed by atoms with E-state index in [1.54, 1.807) is 31.4 Å². The molecule has 0 bridgehead atoms. The average Bonchev–Trinajstić information content (AvgIpc) is 2.84. The predicted molar refractivity (Wildman–Crippen MR) is 74.8 cm³/mol. The summed E-state index contributed by atoms with van der Waals surface area (Å²) in [4.78, 5) is 4.34. The van der Waals surface area contributed by atoms with Gasteiger partial charge in [-0.3, -0.25) is 0 Å². The molecule has 5 heteroatoms. The molecular weight excluding hydrogens is 265 g/mol. The first-order chi connectivity index (χ1) is 9.19. The molecule has 3 nitrogen and oxygen atoms in total. The molecule has 102 valence electrons. The van der Waals surface area contributed by atoms with Gasteiger partial charge in [0.1, 0.15) is 11.6 Å². The highest BCUT2D eigenvalue weighted by atomic mass is 35.5. The maximum absolute atomic E-state index is 14.1. The van der Waals surface area contributed by atoms with E-state index < -0.39 is 5.82 Å². The van der Waals surface area contributed by atoms with Gasteiger partial charge in [-0.25, -0.2) is 9.37 Å². The zero-order valence-corrected chi connectivity index (χ0v) is 11.8.